The van der Waals surface area contributed by atoms with Crippen molar-refractivity contribution in [2.45, 2.75) is 13.0 Å². The minimum Gasteiger partial charge on any atom is -0.493 e. The first kappa shape index (κ1) is 19.0. The number of rotatable bonds is 4. The fourth-order valence-electron chi connectivity index (χ4n) is 3.84. The monoisotopic (exact) mass is 416 g/mol. The molecular formula is C22H17FN6O2. The molecule has 5 rings (SSSR count). The van der Waals surface area contributed by atoms with Gasteiger partial charge in [-0.05, 0) is 18.2 Å². The molecule has 8 nitrogen and oxygen atoms in total. The summed E-state index contributed by atoms with van der Waals surface area (Å²) in [5, 5.41) is 18.6. The molecule has 0 aliphatic carbocycles. The van der Waals surface area contributed by atoms with Crippen molar-refractivity contribution in [1.82, 2.24) is 19.4 Å². The van der Waals surface area contributed by atoms with E-state index >= 15 is 0 Å². The van der Waals surface area contributed by atoms with E-state index < -0.39 is 0 Å². The second-order valence-corrected chi connectivity index (χ2v) is 7.13. The van der Waals surface area contributed by atoms with E-state index in [1.807, 2.05) is 0 Å². The van der Waals surface area contributed by atoms with E-state index in [0.29, 0.717) is 47.3 Å². The lowest BCUT2D eigenvalue weighted by molar-refractivity contribution is 0.277. The lowest BCUT2D eigenvalue weighted by Crippen LogP contribution is -2.18. The van der Waals surface area contributed by atoms with Gasteiger partial charge in [0.15, 0.2) is 11.3 Å². The molecule has 1 aromatic carbocycles. The van der Waals surface area contributed by atoms with Gasteiger partial charge in [-0.1, -0.05) is 6.07 Å². The summed E-state index contributed by atoms with van der Waals surface area (Å²) in [6, 6.07) is 8.58. The Bertz CT molecular complexity index is 1340. The SMILES string of the molecule is CN(c1c(F)ccc2c1CCO2)c1ncc(-c2ccc(CO)nc2)c2nc(C#N)cn12. The van der Waals surface area contributed by atoms with E-state index in [2.05, 4.69) is 21.0 Å². The van der Waals surface area contributed by atoms with Gasteiger partial charge in [0.2, 0.25) is 5.95 Å². The zero-order valence-electron chi connectivity index (χ0n) is 16.6. The summed E-state index contributed by atoms with van der Waals surface area (Å²) >= 11 is 0. The third kappa shape index (κ3) is 3.05. The highest BCUT2D eigenvalue weighted by Crippen LogP contribution is 2.38. The number of hydrogen-bond acceptors (Lipinski definition) is 7. The number of hydrogen-bond donors (Lipinski definition) is 1. The van der Waals surface area contributed by atoms with Crippen LogP contribution in [0.1, 0.15) is 17.0 Å². The molecule has 0 saturated carbocycles. The lowest BCUT2D eigenvalue weighted by atomic mass is 10.1. The van der Waals surface area contributed by atoms with Crippen LogP contribution in [0.25, 0.3) is 16.8 Å². The van der Waals surface area contributed by atoms with E-state index in [0.717, 1.165) is 11.1 Å². The number of nitriles is 1. The molecule has 3 aromatic heterocycles. The lowest BCUT2D eigenvalue weighted by Gasteiger charge is -2.22. The van der Waals surface area contributed by atoms with Crippen molar-refractivity contribution >= 4 is 17.3 Å². The van der Waals surface area contributed by atoms with Crippen molar-refractivity contribution in [2.75, 3.05) is 18.6 Å². The predicted octanol–water partition coefficient (Wildman–Crippen LogP) is 3.00. The Balaban J connectivity index is 1.68. The first-order valence-electron chi connectivity index (χ1n) is 9.63. The molecule has 0 spiro atoms. The Morgan fingerprint density at radius 1 is 1.26 bits per heavy atom. The Hall–Kier alpha value is -4.03. The molecule has 1 N–H and O–H groups in total. The Morgan fingerprint density at radius 3 is 2.87 bits per heavy atom. The van der Waals surface area contributed by atoms with Gasteiger partial charge in [-0.15, -0.1) is 0 Å². The average molecular weight is 416 g/mol. The van der Waals surface area contributed by atoms with Crippen LogP contribution in [-0.4, -0.2) is 38.1 Å². The van der Waals surface area contributed by atoms with Gasteiger partial charge in [0.25, 0.3) is 0 Å². The second kappa shape index (κ2) is 7.34. The normalized spacial score (nSPS) is 12.5. The van der Waals surface area contributed by atoms with Crippen molar-refractivity contribution in [3.8, 4) is 22.9 Å². The highest BCUT2D eigenvalue weighted by Gasteiger charge is 2.25. The van der Waals surface area contributed by atoms with Gasteiger partial charge < -0.3 is 14.7 Å². The van der Waals surface area contributed by atoms with Gasteiger partial charge in [-0.2, -0.15) is 5.26 Å². The zero-order valence-corrected chi connectivity index (χ0v) is 16.6. The number of fused-ring (bicyclic) bond motifs is 2. The number of ether oxygens (including phenoxy) is 1. The van der Waals surface area contributed by atoms with E-state index in [1.165, 1.54) is 6.07 Å². The summed E-state index contributed by atoms with van der Waals surface area (Å²) in [5.74, 6) is 0.691. The van der Waals surface area contributed by atoms with Crippen LogP contribution in [0, 0.1) is 17.1 Å². The van der Waals surface area contributed by atoms with Crippen LogP contribution in [0.3, 0.4) is 0 Å². The number of benzene rings is 1. The van der Waals surface area contributed by atoms with Crippen LogP contribution in [0.4, 0.5) is 16.0 Å². The standard InChI is InChI=1S/C22H17FN6O2/c1-28(20-16-6-7-31-19(16)5-4-18(20)23)22-26-10-17(13-2-3-14(12-30)25-9-13)21-27-15(8-24)11-29(21)22/h2-5,9-11,30H,6-7,12H2,1H3. The molecule has 1 aliphatic heterocycles. The number of aromatic nitrogens is 4. The van der Waals surface area contributed by atoms with Crippen LogP contribution in [0.15, 0.2) is 42.9 Å². The van der Waals surface area contributed by atoms with E-state index in [9.17, 15) is 14.8 Å². The molecule has 0 atom stereocenters. The summed E-state index contributed by atoms with van der Waals surface area (Å²) in [5.41, 5.74) is 3.82. The van der Waals surface area contributed by atoms with E-state index in [1.54, 1.807) is 53.1 Å². The van der Waals surface area contributed by atoms with Crippen molar-refractivity contribution in [1.29, 1.82) is 5.26 Å². The van der Waals surface area contributed by atoms with Crippen LogP contribution >= 0.6 is 0 Å². The smallest absolute Gasteiger partial charge is 0.215 e. The highest BCUT2D eigenvalue weighted by atomic mass is 19.1. The molecule has 0 radical (unpaired) electrons. The molecule has 0 bridgehead atoms. The molecule has 0 fully saturated rings. The van der Waals surface area contributed by atoms with E-state index in [4.69, 9.17) is 4.74 Å². The topological polar surface area (TPSA) is 99.6 Å². The summed E-state index contributed by atoms with van der Waals surface area (Å²) in [6.45, 7) is 0.345. The Labute approximate surface area is 176 Å². The molecule has 31 heavy (non-hydrogen) atoms. The van der Waals surface area contributed by atoms with Gasteiger partial charge in [0.1, 0.15) is 17.6 Å². The third-order valence-corrected chi connectivity index (χ3v) is 5.32. The molecule has 4 aromatic rings. The maximum atomic E-state index is 14.8. The molecular weight excluding hydrogens is 399 g/mol. The van der Waals surface area contributed by atoms with E-state index in [-0.39, 0.29) is 18.1 Å². The average Bonchev–Trinajstić information content (AvgIpc) is 3.45. The number of halogens is 1. The number of anilines is 2. The minimum atomic E-state index is -0.379. The second-order valence-electron chi connectivity index (χ2n) is 7.13. The molecule has 0 unspecified atom stereocenters. The maximum Gasteiger partial charge on any atom is 0.215 e. The van der Waals surface area contributed by atoms with Crippen LogP contribution in [-0.2, 0) is 13.0 Å². The van der Waals surface area contributed by atoms with Gasteiger partial charge in [0, 0.05) is 42.6 Å². The van der Waals surface area contributed by atoms with Crippen molar-refractivity contribution in [3.63, 3.8) is 0 Å². The fraction of sp³-hybridized carbons (Fsp3) is 0.182. The molecule has 4 heterocycles. The highest BCUT2D eigenvalue weighted by molar-refractivity contribution is 5.79. The molecule has 9 heteroatoms. The quantitative estimate of drug-likeness (QED) is 0.546. The fourth-order valence-corrected chi connectivity index (χ4v) is 3.84. The van der Waals surface area contributed by atoms with Crippen molar-refractivity contribution in [2.24, 2.45) is 0 Å². The molecule has 1 aliphatic rings. The molecule has 0 saturated heterocycles. The maximum absolute atomic E-state index is 14.8. The molecule has 154 valence electrons. The Kier molecular flexibility index (Phi) is 4.49. The van der Waals surface area contributed by atoms with Crippen LogP contribution in [0.2, 0.25) is 0 Å². The zero-order chi connectivity index (χ0) is 21.5. The van der Waals surface area contributed by atoms with Crippen molar-refractivity contribution in [3.05, 3.63) is 65.6 Å². The van der Waals surface area contributed by atoms with Gasteiger partial charge in [0.05, 0.1) is 30.8 Å². The summed E-state index contributed by atoms with van der Waals surface area (Å²) in [7, 11) is 1.72. The van der Waals surface area contributed by atoms with Crippen molar-refractivity contribution < 1.29 is 14.2 Å². The number of aliphatic hydroxyl groups is 1. The van der Waals surface area contributed by atoms with Gasteiger partial charge >= 0.3 is 0 Å². The largest absolute Gasteiger partial charge is 0.493 e. The predicted molar refractivity (Wildman–Crippen MR) is 111 cm³/mol. The van der Waals surface area contributed by atoms with Crippen LogP contribution in [0.5, 0.6) is 5.75 Å². The minimum absolute atomic E-state index is 0.156. The summed E-state index contributed by atoms with van der Waals surface area (Å²) in [4.78, 5) is 14.9. The van der Waals surface area contributed by atoms with Crippen LogP contribution < -0.4 is 9.64 Å². The first-order valence-corrected chi connectivity index (χ1v) is 9.63. The summed E-state index contributed by atoms with van der Waals surface area (Å²) in [6.07, 6.45) is 5.42. The third-order valence-electron chi connectivity index (χ3n) is 5.32. The first-order chi connectivity index (χ1) is 15.1. The number of aliphatic hydroxyl groups excluding tert-OH is 1. The summed E-state index contributed by atoms with van der Waals surface area (Å²) < 4.78 is 22.1. The van der Waals surface area contributed by atoms with Gasteiger partial charge in [-0.25, -0.2) is 14.4 Å². The number of imidazole rings is 1. The Morgan fingerprint density at radius 2 is 2.13 bits per heavy atom. The van der Waals surface area contributed by atoms with Gasteiger partial charge in [-0.3, -0.25) is 9.38 Å². The number of nitrogens with zero attached hydrogens (tertiary/aromatic N) is 6. The number of pyridine rings is 1. The molecule has 0 amide bonds.